The normalized spacial score (nSPS) is 42.2. The summed E-state index contributed by atoms with van der Waals surface area (Å²) in [6, 6.07) is 0. The summed E-state index contributed by atoms with van der Waals surface area (Å²) in [6.07, 6.45) is 2.41. The molecule has 3 fully saturated rings. The highest BCUT2D eigenvalue weighted by atomic mass is 16.5. The van der Waals surface area contributed by atoms with E-state index in [0.29, 0.717) is 37.7 Å². The number of hydrogen-bond acceptors (Lipinski definition) is 8. The Morgan fingerprint density at radius 2 is 1.78 bits per heavy atom. The van der Waals surface area contributed by atoms with Gasteiger partial charge in [-0.05, 0) is 88.2 Å². The molecule has 0 heterocycles. The van der Waals surface area contributed by atoms with Crippen molar-refractivity contribution in [1.29, 1.82) is 0 Å². The first-order valence-corrected chi connectivity index (χ1v) is 13.7. The summed E-state index contributed by atoms with van der Waals surface area (Å²) >= 11 is 0. The van der Waals surface area contributed by atoms with E-state index in [2.05, 4.69) is 0 Å². The molecule has 3 saturated carbocycles. The fraction of sp³-hybridized carbons (Fsp3) is 0.828. The summed E-state index contributed by atoms with van der Waals surface area (Å²) in [5.41, 5.74) is -4.63. The van der Waals surface area contributed by atoms with Gasteiger partial charge in [0.2, 0.25) is 0 Å². The molecule has 0 spiro atoms. The molecule has 0 aromatic heterocycles. The quantitative estimate of drug-likeness (QED) is 0.392. The summed E-state index contributed by atoms with van der Waals surface area (Å²) in [5, 5.41) is 45.0. The van der Waals surface area contributed by atoms with E-state index in [9.17, 15) is 34.8 Å². The van der Waals surface area contributed by atoms with Gasteiger partial charge in [-0.3, -0.25) is 14.4 Å². The molecule has 37 heavy (non-hydrogen) atoms. The van der Waals surface area contributed by atoms with E-state index in [4.69, 9.17) is 4.74 Å². The van der Waals surface area contributed by atoms with Crippen LogP contribution in [0, 0.1) is 28.6 Å². The Balaban J connectivity index is 1.65. The van der Waals surface area contributed by atoms with Crippen LogP contribution < -0.4 is 0 Å². The second-order valence-corrected chi connectivity index (χ2v) is 13.6. The van der Waals surface area contributed by atoms with Gasteiger partial charge < -0.3 is 25.2 Å². The largest absolute Gasteiger partial charge is 0.455 e. The topological polar surface area (TPSA) is 141 Å². The van der Waals surface area contributed by atoms with Crippen LogP contribution in [0.25, 0.3) is 0 Å². The lowest BCUT2D eigenvalue weighted by Gasteiger charge is -2.60. The molecule has 9 atom stereocenters. The summed E-state index contributed by atoms with van der Waals surface area (Å²) < 4.78 is 5.22. The van der Waals surface area contributed by atoms with Gasteiger partial charge >= 0.3 is 5.97 Å². The van der Waals surface area contributed by atoms with E-state index in [1.807, 2.05) is 13.8 Å². The van der Waals surface area contributed by atoms with Crippen LogP contribution in [0.4, 0.5) is 0 Å². The molecule has 0 aromatic rings. The maximum atomic E-state index is 13.5. The number of hydrogen-bond donors (Lipinski definition) is 4. The van der Waals surface area contributed by atoms with Gasteiger partial charge in [0.05, 0.1) is 22.9 Å². The van der Waals surface area contributed by atoms with Crippen LogP contribution in [0.3, 0.4) is 0 Å². The van der Waals surface area contributed by atoms with Crippen molar-refractivity contribution in [2.24, 2.45) is 28.6 Å². The monoisotopic (exact) mass is 520 g/mol. The maximum absolute atomic E-state index is 13.5. The number of rotatable bonds is 6. The molecule has 0 amide bonds. The molecule has 0 aromatic carbocycles. The number of ketones is 2. The highest BCUT2D eigenvalue weighted by molar-refractivity contribution is 5.98. The van der Waals surface area contributed by atoms with Crippen molar-refractivity contribution in [1.82, 2.24) is 0 Å². The Morgan fingerprint density at radius 1 is 1.14 bits per heavy atom. The van der Waals surface area contributed by atoms with Gasteiger partial charge in [-0.25, -0.2) is 0 Å². The molecule has 4 rings (SSSR count). The summed E-state index contributed by atoms with van der Waals surface area (Å²) in [5.74, 6) is -1.97. The zero-order valence-corrected chi connectivity index (χ0v) is 23.0. The van der Waals surface area contributed by atoms with Crippen molar-refractivity contribution in [2.45, 2.75) is 122 Å². The van der Waals surface area contributed by atoms with Crippen molar-refractivity contribution < 1.29 is 39.5 Å². The predicted molar refractivity (Wildman–Crippen MR) is 135 cm³/mol. The number of Topliss-reactive ketones (excluding diaryl/α,β-unsaturated/α-hetero) is 1. The number of carbonyl (C=O) groups is 3. The lowest BCUT2D eigenvalue weighted by Crippen LogP contribution is -2.62. The molecule has 4 N–H and O–H groups in total. The summed E-state index contributed by atoms with van der Waals surface area (Å²) in [4.78, 5) is 38.0. The Bertz CT molecular complexity index is 1010. The van der Waals surface area contributed by atoms with Crippen molar-refractivity contribution in [3.05, 3.63) is 11.6 Å². The molecular weight excluding hydrogens is 476 g/mol. The molecular formula is C29H44O8. The Hall–Kier alpha value is -1.61. The van der Waals surface area contributed by atoms with Crippen LogP contribution in [0.1, 0.15) is 92.9 Å². The van der Waals surface area contributed by atoms with Crippen molar-refractivity contribution in [2.75, 3.05) is 0 Å². The predicted octanol–water partition coefficient (Wildman–Crippen LogP) is 2.63. The zero-order chi connectivity index (χ0) is 27.8. The average Bonchev–Trinajstić information content (AvgIpc) is 3.05. The summed E-state index contributed by atoms with van der Waals surface area (Å²) in [7, 11) is 0. The average molecular weight is 521 g/mol. The van der Waals surface area contributed by atoms with E-state index < -0.39 is 57.6 Å². The first-order chi connectivity index (χ1) is 16.9. The number of carbonyl (C=O) groups excluding carboxylic acids is 3. The number of allylic oxidation sites excluding steroid dienone is 1. The smallest absolute Gasteiger partial charge is 0.303 e. The van der Waals surface area contributed by atoms with Crippen molar-refractivity contribution in [3.8, 4) is 0 Å². The first-order valence-electron chi connectivity index (χ1n) is 13.7. The minimum Gasteiger partial charge on any atom is -0.455 e. The van der Waals surface area contributed by atoms with Gasteiger partial charge in [-0.2, -0.15) is 0 Å². The van der Waals surface area contributed by atoms with Crippen molar-refractivity contribution >= 4 is 17.5 Å². The SMILES string of the molecule is CC(=O)O[C@H]1C[C@H]2C(=O)C=C3[C@H](CC[C@]4(C)[C@@H]([C@@](C)(O)[C@H](O)CCC(C)(C)O)CC[C@@]34O)[C@@]2(C)CC1=O. The van der Waals surface area contributed by atoms with Crippen LogP contribution in [0.15, 0.2) is 11.6 Å². The number of fused-ring (bicyclic) bond motifs is 5. The second kappa shape index (κ2) is 8.97. The third-order valence-corrected chi connectivity index (χ3v) is 10.6. The number of esters is 1. The second-order valence-electron chi connectivity index (χ2n) is 13.6. The van der Waals surface area contributed by atoms with E-state index in [1.165, 1.54) is 6.92 Å². The van der Waals surface area contributed by atoms with Gasteiger partial charge in [-0.15, -0.1) is 0 Å². The summed E-state index contributed by atoms with van der Waals surface area (Å²) in [6.45, 7) is 10.1. The lowest BCUT2D eigenvalue weighted by atomic mass is 9.45. The van der Waals surface area contributed by atoms with E-state index in [0.717, 1.165) is 0 Å². The number of aliphatic hydroxyl groups excluding tert-OH is 1. The molecule has 0 aliphatic heterocycles. The van der Waals surface area contributed by atoms with Gasteiger partial charge in [-0.1, -0.05) is 13.8 Å². The van der Waals surface area contributed by atoms with Crippen LogP contribution in [0.2, 0.25) is 0 Å². The minimum atomic E-state index is -1.50. The van der Waals surface area contributed by atoms with Gasteiger partial charge in [0, 0.05) is 31.1 Å². The third-order valence-electron chi connectivity index (χ3n) is 10.6. The molecule has 8 heteroatoms. The van der Waals surface area contributed by atoms with Gasteiger partial charge in [0.15, 0.2) is 17.7 Å². The standard InChI is InChI=1S/C29H44O8/c1-16(30)37-22-14-19-20(31)13-18-17(26(19,4)15-21(22)32)7-11-27(5)23(8-12-29(18,27)36)28(6,35)24(33)9-10-25(2,3)34/h13,17,19,22-24,33-36H,7-12,14-15H2,1-6H3/t17-,19-,22-,23-,24+,26+,27+,28+,29+/m0/s1. The molecule has 208 valence electrons. The highest BCUT2D eigenvalue weighted by Gasteiger charge is 2.69. The molecule has 0 bridgehead atoms. The zero-order valence-electron chi connectivity index (χ0n) is 23.0. The highest BCUT2D eigenvalue weighted by Crippen LogP contribution is 2.68. The van der Waals surface area contributed by atoms with Crippen LogP contribution >= 0.6 is 0 Å². The minimum absolute atomic E-state index is 0.104. The maximum Gasteiger partial charge on any atom is 0.303 e. The lowest BCUT2D eigenvalue weighted by molar-refractivity contribution is -0.176. The van der Waals surface area contributed by atoms with Crippen LogP contribution in [-0.2, 0) is 19.1 Å². The molecule has 4 aliphatic carbocycles. The van der Waals surface area contributed by atoms with Crippen molar-refractivity contribution in [3.63, 3.8) is 0 Å². The molecule has 0 unspecified atom stereocenters. The fourth-order valence-electron chi connectivity index (χ4n) is 8.45. The van der Waals surface area contributed by atoms with E-state index in [1.54, 1.807) is 26.8 Å². The Kier molecular flexibility index (Phi) is 6.88. The Morgan fingerprint density at radius 3 is 2.38 bits per heavy atom. The van der Waals surface area contributed by atoms with Crippen LogP contribution in [-0.4, -0.2) is 67.0 Å². The van der Waals surface area contributed by atoms with Crippen LogP contribution in [0.5, 0.6) is 0 Å². The molecule has 8 nitrogen and oxygen atoms in total. The number of aliphatic hydroxyl groups is 4. The van der Waals surface area contributed by atoms with Gasteiger partial charge in [0.1, 0.15) is 0 Å². The number of ether oxygens (including phenoxy) is 1. The molecule has 0 saturated heterocycles. The fourth-order valence-corrected chi connectivity index (χ4v) is 8.45. The van der Waals surface area contributed by atoms with E-state index >= 15 is 0 Å². The Labute approximate surface area is 219 Å². The first kappa shape index (κ1) is 28.4. The molecule has 4 aliphatic rings. The molecule has 0 radical (unpaired) electrons. The van der Waals surface area contributed by atoms with Gasteiger partial charge in [0.25, 0.3) is 0 Å². The third kappa shape index (κ3) is 4.42. The van der Waals surface area contributed by atoms with E-state index in [-0.39, 0.29) is 36.7 Å².